The van der Waals surface area contributed by atoms with Gasteiger partial charge in [0.1, 0.15) is 11.4 Å². The fourth-order valence-corrected chi connectivity index (χ4v) is 3.16. The van der Waals surface area contributed by atoms with Crippen molar-refractivity contribution in [3.63, 3.8) is 0 Å². The molecular formula is C19H29N3O5S. The topological polar surface area (TPSA) is 105 Å². The van der Waals surface area contributed by atoms with Crippen molar-refractivity contribution >= 4 is 28.1 Å². The molecule has 28 heavy (non-hydrogen) atoms. The standard InChI is InChI=1S/C19H29N3O5S/c1-5-7-8-9-14(3)22(19(24)20-4)18(23)13-15-10-11-17(27-6-2)16(12-15)21-28(25)26/h10-12,14H,5-9,13H2,1-4H3,(H,20,24)/t14-/m0/s1. The molecule has 0 saturated carbocycles. The van der Waals surface area contributed by atoms with Crippen LogP contribution >= 0.6 is 0 Å². The minimum absolute atomic E-state index is 0.0496. The molecule has 0 aliphatic heterocycles. The van der Waals surface area contributed by atoms with E-state index in [0.29, 0.717) is 17.9 Å². The van der Waals surface area contributed by atoms with Crippen LogP contribution in [0.25, 0.3) is 0 Å². The molecule has 0 bridgehead atoms. The summed E-state index contributed by atoms with van der Waals surface area (Å²) in [6, 6.07) is 4.04. The zero-order chi connectivity index (χ0) is 21.1. The summed E-state index contributed by atoms with van der Waals surface area (Å²) in [6.45, 7) is 6.07. The molecule has 1 rings (SSSR count). The van der Waals surface area contributed by atoms with E-state index < -0.39 is 16.5 Å². The maximum absolute atomic E-state index is 12.8. The third-order valence-corrected chi connectivity index (χ3v) is 4.56. The van der Waals surface area contributed by atoms with Gasteiger partial charge in [-0.25, -0.2) is 4.79 Å². The summed E-state index contributed by atoms with van der Waals surface area (Å²) in [4.78, 5) is 26.3. The molecule has 1 atom stereocenters. The van der Waals surface area contributed by atoms with E-state index in [1.807, 2.05) is 6.92 Å². The van der Waals surface area contributed by atoms with Gasteiger partial charge in [-0.15, -0.1) is 4.36 Å². The fourth-order valence-electron chi connectivity index (χ4n) is 2.86. The predicted molar refractivity (Wildman–Crippen MR) is 107 cm³/mol. The highest BCUT2D eigenvalue weighted by atomic mass is 32.2. The second-order valence-electron chi connectivity index (χ2n) is 6.38. The zero-order valence-corrected chi connectivity index (χ0v) is 17.7. The molecule has 1 N–H and O–H groups in total. The number of imide groups is 1. The molecule has 0 spiro atoms. The molecule has 0 aliphatic rings. The van der Waals surface area contributed by atoms with Crippen molar-refractivity contribution < 1.29 is 22.7 Å². The largest absolute Gasteiger partial charge is 0.492 e. The highest BCUT2D eigenvalue weighted by Gasteiger charge is 2.26. The molecule has 0 radical (unpaired) electrons. The van der Waals surface area contributed by atoms with Crippen LogP contribution in [0.2, 0.25) is 0 Å². The van der Waals surface area contributed by atoms with Gasteiger partial charge >= 0.3 is 16.5 Å². The van der Waals surface area contributed by atoms with Crippen LogP contribution in [0.1, 0.15) is 52.0 Å². The second-order valence-corrected chi connectivity index (χ2v) is 7.00. The number of nitrogens with zero attached hydrogens (tertiary/aromatic N) is 2. The number of ether oxygens (including phenoxy) is 1. The predicted octanol–water partition coefficient (Wildman–Crippen LogP) is 3.46. The van der Waals surface area contributed by atoms with E-state index in [0.717, 1.165) is 25.7 Å². The molecule has 0 heterocycles. The highest BCUT2D eigenvalue weighted by Crippen LogP contribution is 2.29. The molecule has 8 nitrogen and oxygen atoms in total. The first kappa shape index (κ1) is 23.6. The maximum Gasteiger partial charge on any atom is 0.324 e. The average molecular weight is 412 g/mol. The summed E-state index contributed by atoms with van der Waals surface area (Å²) < 4.78 is 30.8. The van der Waals surface area contributed by atoms with Crippen molar-refractivity contribution in [2.45, 2.75) is 58.9 Å². The molecule has 3 amide bonds. The Hall–Kier alpha value is -2.42. The molecule has 0 aliphatic carbocycles. The Labute approximate surface area is 168 Å². The number of unbranched alkanes of at least 4 members (excludes halogenated alkanes) is 2. The van der Waals surface area contributed by atoms with Crippen molar-refractivity contribution in [3.8, 4) is 5.75 Å². The molecule has 1 aromatic carbocycles. The van der Waals surface area contributed by atoms with Crippen LogP contribution in [0, 0.1) is 0 Å². The minimum Gasteiger partial charge on any atom is -0.492 e. The Kier molecular flexibility index (Phi) is 10.2. The average Bonchev–Trinajstić information content (AvgIpc) is 2.63. The summed E-state index contributed by atoms with van der Waals surface area (Å²) in [5.74, 6) is -0.0410. The lowest BCUT2D eigenvalue weighted by Crippen LogP contribution is -2.48. The third-order valence-electron chi connectivity index (χ3n) is 4.22. The van der Waals surface area contributed by atoms with Gasteiger partial charge in [0.2, 0.25) is 5.91 Å². The van der Waals surface area contributed by atoms with Gasteiger partial charge in [-0.05, 0) is 38.0 Å². The van der Waals surface area contributed by atoms with E-state index >= 15 is 0 Å². The van der Waals surface area contributed by atoms with Gasteiger partial charge in [-0.1, -0.05) is 32.3 Å². The van der Waals surface area contributed by atoms with Gasteiger partial charge in [0.15, 0.2) is 0 Å². The smallest absolute Gasteiger partial charge is 0.324 e. The molecule has 0 aromatic heterocycles. The summed E-state index contributed by atoms with van der Waals surface area (Å²) in [7, 11) is -1.16. The van der Waals surface area contributed by atoms with Gasteiger partial charge in [0.05, 0.1) is 13.0 Å². The van der Waals surface area contributed by atoms with Crippen molar-refractivity contribution in [1.82, 2.24) is 10.2 Å². The summed E-state index contributed by atoms with van der Waals surface area (Å²) in [5, 5.41) is 2.51. The van der Waals surface area contributed by atoms with Crippen LogP contribution < -0.4 is 10.1 Å². The van der Waals surface area contributed by atoms with Gasteiger partial charge in [0, 0.05) is 13.1 Å². The van der Waals surface area contributed by atoms with Crippen LogP contribution in [-0.2, 0) is 21.7 Å². The number of rotatable bonds is 10. The quantitative estimate of drug-likeness (QED) is 0.594. The van der Waals surface area contributed by atoms with E-state index in [1.54, 1.807) is 19.1 Å². The summed E-state index contributed by atoms with van der Waals surface area (Å²) >= 11 is 0. The number of amides is 3. The van der Waals surface area contributed by atoms with E-state index in [9.17, 15) is 18.0 Å². The third kappa shape index (κ3) is 7.30. The molecule has 1 aromatic rings. The van der Waals surface area contributed by atoms with Crippen molar-refractivity contribution in [2.75, 3.05) is 13.7 Å². The molecular weight excluding hydrogens is 382 g/mol. The Morgan fingerprint density at radius 3 is 2.54 bits per heavy atom. The van der Waals surface area contributed by atoms with Gasteiger partial charge in [0.25, 0.3) is 0 Å². The lowest BCUT2D eigenvalue weighted by atomic mass is 10.1. The summed E-state index contributed by atoms with van der Waals surface area (Å²) in [5.41, 5.74) is 0.676. The zero-order valence-electron chi connectivity index (χ0n) is 16.9. The molecule has 0 saturated heterocycles. The SMILES string of the molecule is CCCCC[C@H](C)N(C(=O)Cc1ccc(OCC)c(N=S(=O)=O)c1)C(=O)NC. The Morgan fingerprint density at radius 1 is 1.25 bits per heavy atom. The molecule has 156 valence electrons. The lowest BCUT2D eigenvalue weighted by Gasteiger charge is -2.27. The summed E-state index contributed by atoms with van der Waals surface area (Å²) in [6.07, 6.45) is 3.70. The number of hydrogen-bond donors (Lipinski definition) is 1. The van der Waals surface area contributed by atoms with Gasteiger partial charge in [-0.3, -0.25) is 9.69 Å². The van der Waals surface area contributed by atoms with Crippen molar-refractivity contribution in [2.24, 2.45) is 4.36 Å². The van der Waals surface area contributed by atoms with E-state index in [1.165, 1.54) is 18.0 Å². The van der Waals surface area contributed by atoms with E-state index in [-0.39, 0.29) is 24.1 Å². The van der Waals surface area contributed by atoms with Crippen LogP contribution in [0.15, 0.2) is 22.6 Å². The van der Waals surface area contributed by atoms with Crippen LogP contribution in [-0.4, -0.2) is 45.0 Å². The molecule has 9 heteroatoms. The normalized spacial score (nSPS) is 11.4. The first-order valence-electron chi connectivity index (χ1n) is 9.44. The van der Waals surface area contributed by atoms with E-state index in [4.69, 9.17) is 4.74 Å². The number of hydrogen-bond acceptors (Lipinski definition) is 6. The number of carbonyl (C=O) groups excluding carboxylic acids is 2. The fraction of sp³-hybridized carbons (Fsp3) is 0.579. The van der Waals surface area contributed by atoms with E-state index in [2.05, 4.69) is 16.6 Å². The lowest BCUT2D eigenvalue weighted by molar-refractivity contribution is -0.129. The van der Waals surface area contributed by atoms with Crippen LogP contribution in [0.5, 0.6) is 5.75 Å². The Bertz CT molecular complexity index is 800. The highest BCUT2D eigenvalue weighted by molar-refractivity contribution is 7.61. The van der Waals surface area contributed by atoms with Crippen molar-refractivity contribution in [1.29, 1.82) is 0 Å². The number of urea groups is 1. The Balaban J connectivity index is 3.06. The molecule has 0 fully saturated rings. The first-order chi connectivity index (χ1) is 13.3. The number of nitrogens with one attached hydrogen (secondary N) is 1. The van der Waals surface area contributed by atoms with Crippen LogP contribution in [0.4, 0.5) is 10.5 Å². The van der Waals surface area contributed by atoms with Gasteiger partial charge < -0.3 is 10.1 Å². The maximum atomic E-state index is 12.8. The van der Waals surface area contributed by atoms with Gasteiger partial charge in [-0.2, -0.15) is 8.42 Å². The Morgan fingerprint density at radius 2 is 1.96 bits per heavy atom. The van der Waals surface area contributed by atoms with Crippen LogP contribution in [0.3, 0.4) is 0 Å². The van der Waals surface area contributed by atoms with Crippen molar-refractivity contribution in [3.05, 3.63) is 23.8 Å². The molecule has 0 unspecified atom stereocenters. The number of benzene rings is 1. The number of carbonyl (C=O) groups is 2. The first-order valence-corrected chi connectivity index (χ1v) is 10.5. The second kappa shape index (κ2) is 12.1. The minimum atomic E-state index is -2.65. The monoisotopic (exact) mass is 411 g/mol.